The quantitative estimate of drug-likeness (QED) is 0.587. The zero-order valence-electron chi connectivity index (χ0n) is 16.0. The lowest BCUT2D eigenvalue weighted by Gasteiger charge is -2.19. The molecule has 0 spiro atoms. The van der Waals surface area contributed by atoms with Crippen molar-refractivity contribution in [1.82, 2.24) is 0 Å². The second kappa shape index (κ2) is 7.65. The third-order valence-electron chi connectivity index (χ3n) is 4.76. The topological polar surface area (TPSA) is 29.5 Å². The Labute approximate surface area is 156 Å². The highest BCUT2D eigenvalue weighted by atomic mass is 16.5. The van der Waals surface area contributed by atoms with E-state index < -0.39 is 0 Å². The molecule has 0 saturated heterocycles. The van der Waals surface area contributed by atoms with E-state index in [1.54, 1.807) is 7.11 Å². The molecule has 0 unspecified atom stereocenters. The van der Waals surface area contributed by atoms with E-state index in [0.29, 0.717) is 5.75 Å². The smallest absolute Gasteiger partial charge is 0.169 e. The predicted molar refractivity (Wildman–Crippen MR) is 109 cm³/mol. The number of aromatic hydroxyl groups is 1. The second-order valence-corrected chi connectivity index (χ2v) is 6.82. The van der Waals surface area contributed by atoms with Gasteiger partial charge in [0.05, 0.1) is 7.11 Å². The van der Waals surface area contributed by atoms with Gasteiger partial charge in [-0.25, -0.2) is 0 Å². The Morgan fingerprint density at radius 3 is 1.88 bits per heavy atom. The average molecular weight is 346 g/mol. The fourth-order valence-electron chi connectivity index (χ4n) is 3.33. The van der Waals surface area contributed by atoms with Crippen molar-refractivity contribution in [3.63, 3.8) is 0 Å². The second-order valence-electron chi connectivity index (χ2n) is 6.82. The normalized spacial score (nSPS) is 10.8. The van der Waals surface area contributed by atoms with Crippen molar-refractivity contribution in [3.8, 4) is 33.8 Å². The maximum Gasteiger partial charge on any atom is 0.169 e. The Morgan fingerprint density at radius 2 is 1.38 bits per heavy atom. The standard InChI is InChI=1S/C24H26O2/c1-5-6-20-15-21(18-11-7-16(2)8-12-18)22(24(26-4)23(20)25)19-13-9-17(3)10-14-19/h7-15,25H,5-6H2,1-4H3. The van der Waals surface area contributed by atoms with E-state index >= 15 is 0 Å². The van der Waals surface area contributed by atoms with Gasteiger partial charge in [0.25, 0.3) is 0 Å². The van der Waals surface area contributed by atoms with E-state index in [-0.39, 0.29) is 5.75 Å². The van der Waals surface area contributed by atoms with Crippen LogP contribution in [0.5, 0.6) is 11.5 Å². The molecule has 134 valence electrons. The summed E-state index contributed by atoms with van der Waals surface area (Å²) in [6.45, 7) is 6.28. The first-order chi connectivity index (χ1) is 12.5. The molecule has 26 heavy (non-hydrogen) atoms. The van der Waals surface area contributed by atoms with Gasteiger partial charge in [0.2, 0.25) is 0 Å². The molecule has 3 aromatic rings. The summed E-state index contributed by atoms with van der Waals surface area (Å²) in [6.07, 6.45) is 1.78. The van der Waals surface area contributed by atoms with E-state index in [1.807, 2.05) is 0 Å². The van der Waals surface area contributed by atoms with E-state index in [4.69, 9.17) is 4.74 Å². The molecule has 3 rings (SSSR count). The SMILES string of the molecule is CCCc1cc(-c2ccc(C)cc2)c(-c2ccc(C)cc2)c(OC)c1O. The summed E-state index contributed by atoms with van der Waals surface area (Å²) in [7, 11) is 1.63. The number of methoxy groups -OCH3 is 1. The van der Waals surface area contributed by atoms with Gasteiger partial charge in [0.1, 0.15) is 0 Å². The van der Waals surface area contributed by atoms with Crippen molar-refractivity contribution >= 4 is 0 Å². The van der Waals surface area contributed by atoms with Crippen molar-refractivity contribution in [2.24, 2.45) is 0 Å². The molecule has 0 aromatic heterocycles. The lowest BCUT2D eigenvalue weighted by molar-refractivity contribution is 0.372. The number of ether oxygens (including phenoxy) is 1. The molecule has 0 atom stereocenters. The summed E-state index contributed by atoms with van der Waals surface area (Å²) in [6, 6.07) is 19.0. The molecule has 0 aliphatic rings. The van der Waals surface area contributed by atoms with Gasteiger partial charge in [-0.2, -0.15) is 0 Å². The number of benzene rings is 3. The van der Waals surface area contributed by atoms with E-state index in [0.717, 1.165) is 40.7 Å². The van der Waals surface area contributed by atoms with Crippen LogP contribution in [0.3, 0.4) is 0 Å². The first kappa shape index (κ1) is 18.1. The number of aryl methyl sites for hydroxylation is 3. The summed E-state index contributed by atoms with van der Waals surface area (Å²) in [4.78, 5) is 0. The number of phenols is 1. The van der Waals surface area contributed by atoms with Crippen molar-refractivity contribution in [2.75, 3.05) is 7.11 Å². The van der Waals surface area contributed by atoms with Crippen molar-refractivity contribution in [3.05, 3.63) is 71.3 Å². The minimum atomic E-state index is 0.251. The number of phenolic OH excluding ortho intramolecular Hbond substituents is 1. The largest absolute Gasteiger partial charge is 0.504 e. The van der Waals surface area contributed by atoms with E-state index in [2.05, 4.69) is 75.4 Å². The Kier molecular flexibility index (Phi) is 5.32. The van der Waals surface area contributed by atoms with Crippen molar-refractivity contribution in [1.29, 1.82) is 0 Å². The molecule has 0 aliphatic carbocycles. The summed E-state index contributed by atoms with van der Waals surface area (Å²) in [5, 5.41) is 10.8. The fraction of sp³-hybridized carbons (Fsp3) is 0.250. The molecule has 0 amide bonds. The Bertz CT molecular complexity index is 891. The third kappa shape index (κ3) is 3.45. The first-order valence-electron chi connectivity index (χ1n) is 9.12. The van der Waals surface area contributed by atoms with Gasteiger partial charge in [0, 0.05) is 5.56 Å². The van der Waals surface area contributed by atoms with Crippen LogP contribution >= 0.6 is 0 Å². The van der Waals surface area contributed by atoms with Crippen molar-refractivity contribution in [2.45, 2.75) is 33.6 Å². The van der Waals surface area contributed by atoms with Crippen LogP contribution in [0, 0.1) is 13.8 Å². The molecule has 0 bridgehead atoms. The highest BCUT2D eigenvalue weighted by Gasteiger charge is 2.20. The summed E-state index contributed by atoms with van der Waals surface area (Å²) >= 11 is 0. The van der Waals surface area contributed by atoms with Gasteiger partial charge in [0.15, 0.2) is 11.5 Å². The van der Waals surface area contributed by atoms with Crippen LogP contribution in [-0.2, 0) is 6.42 Å². The summed E-state index contributed by atoms with van der Waals surface area (Å²) < 4.78 is 5.68. The number of hydrogen-bond acceptors (Lipinski definition) is 2. The minimum Gasteiger partial charge on any atom is -0.504 e. The van der Waals surface area contributed by atoms with Gasteiger partial charge in [-0.3, -0.25) is 0 Å². The van der Waals surface area contributed by atoms with Crippen molar-refractivity contribution < 1.29 is 9.84 Å². The summed E-state index contributed by atoms with van der Waals surface area (Å²) in [5.41, 5.74) is 7.56. The molecule has 2 heteroatoms. The van der Waals surface area contributed by atoms with Gasteiger partial charge in [-0.05, 0) is 48.6 Å². The lowest BCUT2D eigenvalue weighted by Crippen LogP contribution is -1.97. The van der Waals surface area contributed by atoms with E-state index in [9.17, 15) is 5.11 Å². The van der Waals surface area contributed by atoms with Gasteiger partial charge < -0.3 is 9.84 Å². The van der Waals surface area contributed by atoms with Crippen LogP contribution in [0.2, 0.25) is 0 Å². The third-order valence-corrected chi connectivity index (χ3v) is 4.76. The highest BCUT2D eigenvalue weighted by Crippen LogP contribution is 2.46. The van der Waals surface area contributed by atoms with Gasteiger partial charge in [-0.1, -0.05) is 73.0 Å². The molecular formula is C24H26O2. The monoisotopic (exact) mass is 346 g/mol. The zero-order chi connectivity index (χ0) is 18.7. The molecule has 0 aliphatic heterocycles. The van der Waals surface area contributed by atoms with Crippen LogP contribution in [0.1, 0.15) is 30.0 Å². The Morgan fingerprint density at radius 1 is 0.846 bits per heavy atom. The molecule has 0 saturated carbocycles. The lowest BCUT2D eigenvalue weighted by atomic mass is 9.89. The van der Waals surface area contributed by atoms with Crippen LogP contribution < -0.4 is 4.74 Å². The molecule has 2 nitrogen and oxygen atoms in total. The first-order valence-corrected chi connectivity index (χ1v) is 9.12. The van der Waals surface area contributed by atoms with Gasteiger partial charge in [-0.15, -0.1) is 0 Å². The molecule has 0 fully saturated rings. The molecule has 0 radical (unpaired) electrons. The zero-order valence-corrected chi connectivity index (χ0v) is 16.0. The average Bonchev–Trinajstić information content (AvgIpc) is 2.64. The fourth-order valence-corrected chi connectivity index (χ4v) is 3.33. The molecule has 0 heterocycles. The summed E-state index contributed by atoms with van der Waals surface area (Å²) in [5.74, 6) is 0.802. The number of rotatable bonds is 5. The Balaban J connectivity index is 2.33. The maximum absolute atomic E-state index is 10.8. The maximum atomic E-state index is 10.8. The molecule has 1 N–H and O–H groups in total. The van der Waals surface area contributed by atoms with Crippen LogP contribution in [0.15, 0.2) is 54.6 Å². The minimum absolute atomic E-state index is 0.251. The Hall–Kier alpha value is -2.74. The van der Waals surface area contributed by atoms with Crippen LogP contribution in [-0.4, -0.2) is 12.2 Å². The van der Waals surface area contributed by atoms with Gasteiger partial charge >= 0.3 is 0 Å². The molecular weight excluding hydrogens is 320 g/mol. The highest BCUT2D eigenvalue weighted by molar-refractivity contribution is 5.90. The predicted octanol–water partition coefficient (Wildman–Crippen LogP) is 6.30. The molecule has 3 aromatic carbocycles. The van der Waals surface area contributed by atoms with Crippen LogP contribution in [0.25, 0.3) is 22.3 Å². The van der Waals surface area contributed by atoms with Crippen LogP contribution in [0.4, 0.5) is 0 Å². The van der Waals surface area contributed by atoms with E-state index in [1.165, 1.54) is 11.1 Å². The number of hydrogen-bond donors (Lipinski definition) is 1.